The van der Waals surface area contributed by atoms with E-state index in [0.717, 1.165) is 44.2 Å². The Kier molecular flexibility index (Phi) is 7.15. The van der Waals surface area contributed by atoms with Gasteiger partial charge in [0, 0.05) is 5.92 Å². The van der Waals surface area contributed by atoms with Gasteiger partial charge in [0.05, 0.1) is 11.8 Å². The Morgan fingerprint density at radius 3 is 2.54 bits per heavy atom. The van der Waals surface area contributed by atoms with Crippen molar-refractivity contribution in [2.24, 2.45) is 39.7 Å². The lowest BCUT2D eigenvalue weighted by Crippen LogP contribution is -2.51. The molecule has 4 rings (SSSR count). The monoisotopic (exact) mass is 488 g/mol. The molecule has 1 amide bonds. The van der Waals surface area contributed by atoms with E-state index in [0.29, 0.717) is 23.5 Å². The predicted octanol–water partition coefficient (Wildman–Crippen LogP) is 3.48. The quantitative estimate of drug-likeness (QED) is 0.471. The SMILES string of the molecule is CC(=O)[C@H]1CC[C@H]2[C@@H]3CCC4=C/C(=N\OCC(=O)N[C@@H](C(=O)O)[C@@H](C)O)CC[C@]4(C)[C@H]3CC[C@]12C. The third-order valence-corrected chi connectivity index (χ3v) is 9.91. The van der Waals surface area contributed by atoms with E-state index in [4.69, 9.17) is 9.94 Å². The third-order valence-electron chi connectivity index (χ3n) is 9.91. The molecule has 194 valence electrons. The zero-order chi connectivity index (χ0) is 25.5. The molecule has 8 nitrogen and oxygen atoms in total. The molecule has 35 heavy (non-hydrogen) atoms. The van der Waals surface area contributed by atoms with Crippen LogP contribution >= 0.6 is 0 Å². The summed E-state index contributed by atoms with van der Waals surface area (Å²) in [7, 11) is 0. The summed E-state index contributed by atoms with van der Waals surface area (Å²) in [5.41, 5.74) is 2.53. The van der Waals surface area contributed by atoms with Crippen LogP contribution in [0.1, 0.15) is 79.1 Å². The Morgan fingerprint density at radius 2 is 1.89 bits per heavy atom. The highest BCUT2D eigenvalue weighted by Gasteiger charge is 2.59. The molecule has 8 heteroatoms. The first-order chi connectivity index (χ1) is 16.5. The van der Waals surface area contributed by atoms with Gasteiger partial charge in [-0.3, -0.25) is 9.59 Å². The van der Waals surface area contributed by atoms with Crippen molar-refractivity contribution >= 4 is 23.4 Å². The number of carbonyl (C=O) groups is 3. The number of aliphatic hydroxyl groups is 1. The highest BCUT2D eigenvalue weighted by Crippen LogP contribution is 2.66. The van der Waals surface area contributed by atoms with Crippen molar-refractivity contribution in [1.29, 1.82) is 0 Å². The topological polar surface area (TPSA) is 125 Å². The fourth-order valence-electron chi connectivity index (χ4n) is 8.09. The van der Waals surface area contributed by atoms with Gasteiger partial charge in [0.2, 0.25) is 0 Å². The number of Topliss-reactive ketones (excluding diaryl/α,β-unsaturated/α-hetero) is 1. The molecular weight excluding hydrogens is 448 g/mol. The van der Waals surface area contributed by atoms with Gasteiger partial charge in [-0.2, -0.15) is 0 Å². The fourth-order valence-corrected chi connectivity index (χ4v) is 8.09. The minimum atomic E-state index is -1.38. The van der Waals surface area contributed by atoms with Crippen molar-refractivity contribution in [1.82, 2.24) is 5.32 Å². The van der Waals surface area contributed by atoms with Crippen LogP contribution in [0.4, 0.5) is 0 Å². The Bertz CT molecular complexity index is 942. The average Bonchev–Trinajstić information content (AvgIpc) is 3.14. The second-order valence-electron chi connectivity index (χ2n) is 11.8. The molecule has 3 saturated carbocycles. The molecule has 0 aromatic rings. The molecule has 4 aliphatic carbocycles. The Balaban J connectivity index is 1.40. The molecule has 4 aliphatic rings. The smallest absolute Gasteiger partial charge is 0.328 e. The van der Waals surface area contributed by atoms with Crippen molar-refractivity contribution in [3.63, 3.8) is 0 Å². The van der Waals surface area contributed by atoms with E-state index >= 15 is 0 Å². The lowest BCUT2D eigenvalue weighted by molar-refractivity contribution is -0.145. The number of oxime groups is 1. The van der Waals surface area contributed by atoms with Gasteiger partial charge in [-0.15, -0.1) is 0 Å². The van der Waals surface area contributed by atoms with Crippen LogP contribution < -0.4 is 5.32 Å². The van der Waals surface area contributed by atoms with Gasteiger partial charge in [-0.25, -0.2) is 4.79 Å². The Morgan fingerprint density at radius 1 is 1.14 bits per heavy atom. The number of nitrogens with zero attached hydrogens (tertiary/aromatic N) is 1. The maximum absolute atomic E-state index is 12.3. The Hall–Kier alpha value is -2.22. The van der Waals surface area contributed by atoms with E-state index in [2.05, 4.69) is 30.4 Å². The molecule has 8 atom stereocenters. The fraction of sp³-hybridized carbons (Fsp3) is 0.778. The van der Waals surface area contributed by atoms with Gasteiger partial charge in [-0.05, 0) is 99.9 Å². The van der Waals surface area contributed by atoms with Gasteiger partial charge in [0.25, 0.3) is 5.91 Å². The molecule has 0 aromatic carbocycles. The number of carboxylic acids is 1. The van der Waals surface area contributed by atoms with Gasteiger partial charge < -0.3 is 20.4 Å². The molecule has 3 fully saturated rings. The van der Waals surface area contributed by atoms with Crippen LogP contribution in [0.5, 0.6) is 0 Å². The first-order valence-corrected chi connectivity index (χ1v) is 13.1. The maximum Gasteiger partial charge on any atom is 0.328 e. The number of amides is 1. The molecule has 0 bridgehead atoms. The van der Waals surface area contributed by atoms with Crippen LogP contribution in [-0.2, 0) is 19.2 Å². The van der Waals surface area contributed by atoms with Crippen LogP contribution in [0.15, 0.2) is 16.8 Å². The average molecular weight is 489 g/mol. The van der Waals surface area contributed by atoms with E-state index in [1.165, 1.54) is 25.3 Å². The van der Waals surface area contributed by atoms with Crippen LogP contribution in [0.3, 0.4) is 0 Å². The van der Waals surface area contributed by atoms with Gasteiger partial charge in [0.15, 0.2) is 12.6 Å². The van der Waals surface area contributed by atoms with E-state index in [-0.39, 0.29) is 16.7 Å². The standard InChI is InChI=1S/C27H40N2O6/c1-15(30)20-7-8-21-19-6-5-17-13-18(9-11-26(17,3)22(19)10-12-27(20,21)4)29-35-14-23(32)28-24(16(2)31)25(33)34/h13,16,19-22,24,31H,5-12,14H2,1-4H3,(H,28,32)(H,33,34)/b29-18-/t16-,19+,20-,21+,22+,24-,26+,27-/m1/s1. The van der Waals surface area contributed by atoms with Crippen molar-refractivity contribution < 1.29 is 29.4 Å². The van der Waals surface area contributed by atoms with E-state index < -0.39 is 30.6 Å². The first kappa shape index (κ1) is 25.9. The number of ketones is 1. The van der Waals surface area contributed by atoms with Crippen molar-refractivity contribution in [3.05, 3.63) is 11.6 Å². The molecule has 0 radical (unpaired) electrons. The number of nitrogens with one attached hydrogen (secondary N) is 1. The molecule has 0 spiro atoms. The van der Waals surface area contributed by atoms with Crippen molar-refractivity contribution in [2.75, 3.05) is 6.61 Å². The van der Waals surface area contributed by atoms with Gasteiger partial charge in [-0.1, -0.05) is 24.6 Å². The minimum absolute atomic E-state index is 0.140. The van der Waals surface area contributed by atoms with E-state index in [1.54, 1.807) is 6.92 Å². The summed E-state index contributed by atoms with van der Waals surface area (Å²) >= 11 is 0. The number of rotatable bonds is 7. The summed E-state index contributed by atoms with van der Waals surface area (Å²) in [5.74, 6) is 0.604. The highest BCUT2D eigenvalue weighted by molar-refractivity contribution is 5.96. The lowest BCUT2D eigenvalue weighted by Gasteiger charge is -2.58. The number of allylic oxidation sites excluding steroid dienone is 2. The Labute approximate surface area is 207 Å². The number of carbonyl (C=O) groups excluding carboxylic acids is 2. The second-order valence-corrected chi connectivity index (χ2v) is 11.8. The number of aliphatic hydroxyl groups excluding tert-OH is 1. The summed E-state index contributed by atoms with van der Waals surface area (Å²) in [6, 6.07) is -1.38. The molecule has 3 N–H and O–H groups in total. The maximum atomic E-state index is 12.3. The summed E-state index contributed by atoms with van der Waals surface area (Å²) in [5, 5.41) is 25.0. The number of carboxylic acid groups (broad SMARTS) is 1. The minimum Gasteiger partial charge on any atom is -0.480 e. The molecule has 0 unspecified atom stereocenters. The zero-order valence-electron chi connectivity index (χ0n) is 21.4. The summed E-state index contributed by atoms with van der Waals surface area (Å²) in [4.78, 5) is 40.7. The second kappa shape index (κ2) is 9.68. The van der Waals surface area contributed by atoms with Gasteiger partial charge in [0.1, 0.15) is 5.78 Å². The largest absolute Gasteiger partial charge is 0.480 e. The third kappa shape index (κ3) is 4.66. The van der Waals surface area contributed by atoms with E-state index in [9.17, 15) is 19.5 Å². The highest BCUT2D eigenvalue weighted by atomic mass is 16.6. The van der Waals surface area contributed by atoms with Crippen molar-refractivity contribution in [3.8, 4) is 0 Å². The van der Waals surface area contributed by atoms with Gasteiger partial charge >= 0.3 is 5.97 Å². The first-order valence-electron chi connectivity index (χ1n) is 13.1. The number of hydrogen-bond donors (Lipinski definition) is 3. The number of hydrogen-bond acceptors (Lipinski definition) is 6. The van der Waals surface area contributed by atoms with Crippen LogP contribution in [0, 0.1) is 34.5 Å². The number of aliphatic carboxylic acids is 1. The molecule has 0 aromatic heterocycles. The van der Waals surface area contributed by atoms with Crippen LogP contribution in [-0.4, -0.2) is 52.3 Å². The predicted molar refractivity (Wildman–Crippen MR) is 131 cm³/mol. The van der Waals surface area contributed by atoms with E-state index in [1.807, 2.05) is 0 Å². The van der Waals surface area contributed by atoms with Crippen LogP contribution in [0.25, 0.3) is 0 Å². The summed E-state index contributed by atoms with van der Waals surface area (Å²) in [6.45, 7) is 7.46. The molecule has 0 aliphatic heterocycles. The lowest BCUT2D eigenvalue weighted by atomic mass is 9.46. The zero-order valence-corrected chi connectivity index (χ0v) is 21.4. The van der Waals surface area contributed by atoms with Crippen molar-refractivity contribution in [2.45, 2.75) is 91.2 Å². The normalized spacial score (nSPS) is 38.9. The number of fused-ring (bicyclic) bond motifs is 5. The summed E-state index contributed by atoms with van der Waals surface area (Å²) in [6.07, 6.45) is 9.42. The molecule has 0 heterocycles. The molecule has 0 saturated heterocycles. The molecular formula is C27H40N2O6. The van der Waals surface area contributed by atoms with Crippen LogP contribution in [0.2, 0.25) is 0 Å². The summed E-state index contributed by atoms with van der Waals surface area (Å²) < 4.78 is 0.